The number of hydrogen-bond acceptors (Lipinski definition) is 2. The van der Waals surface area contributed by atoms with Gasteiger partial charge in [0.05, 0.1) is 0 Å². The van der Waals surface area contributed by atoms with Gasteiger partial charge < -0.3 is 9.73 Å². The third-order valence-electron chi connectivity index (χ3n) is 2.67. The zero-order valence-corrected chi connectivity index (χ0v) is 9.18. The van der Waals surface area contributed by atoms with Gasteiger partial charge >= 0.3 is 0 Å². The maximum atomic E-state index is 13.6. The molecule has 2 nitrogen and oxygen atoms in total. The zero-order valence-electron chi connectivity index (χ0n) is 9.18. The lowest BCUT2D eigenvalue weighted by Crippen LogP contribution is -2.23. The molecule has 1 aromatic heterocycles. The van der Waals surface area contributed by atoms with E-state index in [1.807, 2.05) is 14.0 Å². The minimum absolute atomic E-state index is 0.170. The van der Waals surface area contributed by atoms with E-state index in [0.717, 1.165) is 0 Å². The van der Waals surface area contributed by atoms with Gasteiger partial charge in [0.25, 0.3) is 6.01 Å². The molecule has 0 saturated heterocycles. The molecule has 0 saturated carbocycles. The molecule has 0 aliphatic rings. The lowest BCUT2D eigenvalue weighted by molar-refractivity contribution is 0.380. The van der Waals surface area contributed by atoms with Crippen LogP contribution in [-0.4, -0.2) is 13.1 Å². The van der Waals surface area contributed by atoms with E-state index >= 15 is 0 Å². The van der Waals surface area contributed by atoms with Crippen LogP contribution in [-0.2, 0) is 6.42 Å². The summed E-state index contributed by atoms with van der Waals surface area (Å²) in [7, 11) is 1.82. The number of rotatable bonds is 3. The number of halogens is 2. The first kappa shape index (κ1) is 11.1. The van der Waals surface area contributed by atoms with E-state index in [-0.39, 0.29) is 17.4 Å². The van der Waals surface area contributed by atoms with Crippen molar-refractivity contribution in [1.82, 2.24) is 5.32 Å². The predicted octanol–water partition coefficient (Wildman–Crippen LogP) is 2.86. The van der Waals surface area contributed by atoms with Crippen LogP contribution in [0, 0.1) is 11.8 Å². The Kier molecular flexibility index (Phi) is 2.92. The Balaban J connectivity index is 2.41. The number of nitrogens with one attached hydrogen (secondary N) is 1. The molecule has 1 atom stereocenters. The molecule has 2 aromatic rings. The van der Waals surface area contributed by atoms with Crippen molar-refractivity contribution in [3.63, 3.8) is 0 Å². The average Bonchev–Trinajstić information content (AvgIpc) is 2.58. The fourth-order valence-corrected chi connectivity index (χ4v) is 1.67. The molecule has 0 bridgehead atoms. The van der Waals surface area contributed by atoms with Gasteiger partial charge in [0.15, 0.2) is 0 Å². The van der Waals surface area contributed by atoms with Crippen molar-refractivity contribution in [2.24, 2.45) is 0 Å². The first-order valence-corrected chi connectivity index (χ1v) is 5.15. The Morgan fingerprint density at radius 2 is 2.06 bits per heavy atom. The van der Waals surface area contributed by atoms with Gasteiger partial charge in [-0.3, -0.25) is 0 Å². The minimum atomic E-state index is -0.687. The maximum absolute atomic E-state index is 13.6. The van der Waals surface area contributed by atoms with Gasteiger partial charge in [-0.15, -0.1) is 0 Å². The molecule has 1 N–H and O–H groups in total. The summed E-state index contributed by atoms with van der Waals surface area (Å²) in [5.41, 5.74) is 0.811. The van der Waals surface area contributed by atoms with E-state index < -0.39 is 6.01 Å². The maximum Gasteiger partial charge on any atom is 0.278 e. The van der Waals surface area contributed by atoms with Crippen molar-refractivity contribution in [3.8, 4) is 0 Å². The van der Waals surface area contributed by atoms with Crippen LogP contribution in [0.5, 0.6) is 0 Å². The molecule has 4 heteroatoms. The quantitative estimate of drug-likeness (QED) is 0.868. The highest BCUT2D eigenvalue weighted by atomic mass is 19.1. The van der Waals surface area contributed by atoms with Crippen LogP contribution in [0.3, 0.4) is 0 Å². The Labute approximate surface area is 92.2 Å². The van der Waals surface area contributed by atoms with Gasteiger partial charge in [-0.1, -0.05) is 0 Å². The van der Waals surface area contributed by atoms with Crippen molar-refractivity contribution in [2.45, 2.75) is 19.4 Å². The van der Waals surface area contributed by atoms with E-state index in [0.29, 0.717) is 17.4 Å². The van der Waals surface area contributed by atoms with Crippen molar-refractivity contribution in [2.75, 3.05) is 7.05 Å². The monoisotopic (exact) mass is 225 g/mol. The van der Waals surface area contributed by atoms with Gasteiger partial charge in [-0.25, -0.2) is 4.39 Å². The van der Waals surface area contributed by atoms with E-state index in [2.05, 4.69) is 5.32 Å². The molecule has 0 aliphatic heterocycles. The van der Waals surface area contributed by atoms with E-state index in [9.17, 15) is 8.78 Å². The smallest absolute Gasteiger partial charge is 0.278 e. The molecule has 0 aliphatic carbocycles. The highest BCUT2D eigenvalue weighted by Gasteiger charge is 2.11. The van der Waals surface area contributed by atoms with Crippen LogP contribution in [0.1, 0.15) is 12.5 Å². The first-order chi connectivity index (χ1) is 7.60. The first-order valence-electron chi connectivity index (χ1n) is 5.15. The normalized spacial score (nSPS) is 13.2. The summed E-state index contributed by atoms with van der Waals surface area (Å²) in [4.78, 5) is 0. The van der Waals surface area contributed by atoms with Crippen molar-refractivity contribution >= 4 is 11.0 Å². The summed E-state index contributed by atoms with van der Waals surface area (Å²) in [5, 5.41) is 3.62. The second kappa shape index (κ2) is 4.22. The molecule has 0 fully saturated rings. The molecule has 0 unspecified atom stereocenters. The SMILES string of the molecule is CN[C@@H](C)Cc1cc2cc(F)oc2cc1F. The highest BCUT2D eigenvalue weighted by Crippen LogP contribution is 2.23. The summed E-state index contributed by atoms with van der Waals surface area (Å²) in [6.45, 7) is 1.96. The van der Waals surface area contributed by atoms with Crippen molar-refractivity contribution < 1.29 is 13.2 Å². The lowest BCUT2D eigenvalue weighted by atomic mass is 10.0. The molecular formula is C12H13F2NO. The molecule has 1 aromatic carbocycles. The molecule has 2 rings (SSSR count). The number of furan rings is 1. The molecule has 0 amide bonds. The third kappa shape index (κ3) is 2.07. The molecule has 16 heavy (non-hydrogen) atoms. The standard InChI is InChI=1S/C12H13F2NO/c1-7(15-2)3-8-4-9-5-12(14)16-11(9)6-10(8)13/h4-7,15H,3H2,1-2H3/t7-/m0/s1. The number of fused-ring (bicyclic) bond motifs is 1. The third-order valence-corrected chi connectivity index (χ3v) is 2.67. The van der Waals surface area contributed by atoms with Gasteiger partial charge in [0, 0.05) is 23.6 Å². The van der Waals surface area contributed by atoms with E-state index in [1.165, 1.54) is 12.1 Å². The lowest BCUT2D eigenvalue weighted by Gasteiger charge is -2.10. The van der Waals surface area contributed by atoms with Crippen LogP contribution in [0.4, 0.5) is 8.78 Å². The fourth-order valence-electron chi connectivity index (χ4n) is 1.67. The number of benzene rings is 1. The Morgan fingerprint density at radius 3 is 2.75 bits per heavy atom. The predicted molar refractivity (Wildman–Crippen MR) is 58.4 cm³/mol. The van der Waals surface area contributed by atoms with Crippen LogP contribution in [0.25, 0.3) is 11.0 Å². The fraction of sp³-hybridized carbons (Fsp3) is 0.333. The summed E-state index contributed by atoms with van der Waals surface area (Å²) in [6, 6.07) is 3.61. The number of likely N-dealkylation sites (N-methyl/N-ethyl adjacent to an activating group) is 1. The van der Waals surface area contributed by atoms with Gasteiger partial charge in [-0.05, 0) is 32.0 Å². The van der Waals surface area contributed by atoms with E-state index in [4.69, 9.17) is 4.42 Å². The largest absolute Gasteiger partial charge is 0.431 e. The summed E-state index contributed by atoms with van der Waals surface area (Å²) >= 11 is 0. The average molecular weight is 225 g/mol. The zero-order chi connectivity index (χ0) is 11.7. The second-order valence-electron chi connectivity index (χ2n) is 3.93. The summed E-state index contributed by atoms with van der Waals surface area (Å²) < 4.78 is 31.1. The summed E-state index contributed by atoms with van der Waals surface area (Å²) in [5.74, 6) is -0.357. The van der Waals surface area contributed by atoms with Crippen LogP contribution < -0.4 is 5.32 Å². The van der Waals surface area contributed by atoms with Crippen molar-refractivity contribution in [3.05, 3.63) is 35.6 Å². The topological polar surface area (TPSA) is 25.2 Å². The second-order valence-corrected chi connectivity index (χ2v) is 3.93. The molecule has 1 heterocycles. The van der Waals surface area contributed by atoms with Crippen LogP contribution in [0.2, 0.25) is 0 Å². The Bertz CT molecular complexity index is 507. The summed E-state index contributed by atoms with van der Waals surface area (Å²) in [6.07, 6.45) is 0.561. The molecule has 86 valence electrons. The molecular weight excluding hydrogens is 212 g/mol. The Hall–Kier alpha value is -1.42. The van der Waals surface area contributed by atoms with Gasteiger partial charge in [-0.2, -0.15) is 4.39 Å². The Morgan fingerprint density at radius 1 is 1.31 bits per heavy atom. The van der Waals surface area contributed by atoms with E-state index in [1.54, 1.807) is 6.07 Å². The number of hydrogen-bond donors (Lipinski definition) is 1. The highest BCUT2D eigenvalue weighted by molar-refractivity contribution is 5.78. The molecule has 0 spiro atoms. The molecule has 0 radical (unpaired) electrons. The van der Waals surface area contributed by atoms with Crippen LogP contribution >= 0.6 is 0 Å². The minimum Gasteiger partial charge on any atom is -0.431 e. The van der Waals surface area contributed by atoms with Crippen LogP contribution in [0.15, 0.2) is 22.6 Å². The van der Waals surface area contributed by atoms with Gasteiger partial charge in [0.2, 0.25) is 0 Å². The van der Waals surface area contributed by atoms with Crippen molar-refractivity contribution in [1.29, 1.82) is 0 Å². The van der Waals surface area contributed by atoms with Gasteiger partial charge in [0.1, 0.15) is 11.4 Å².